The lowest BCUT2D eigenvalue weighted by atomic mass is 10.2. The molecule has 0 atom stereocenters. The van der Waals surface area contributed by atoms with Crippen LogP contribution in [0.5, 0.6) is 5.75 Å². The number of carbonyl (C=O) groups is 1. The number of nitrogens with zero attached hydrogens (tertiary/aromatic N) is 1. The number of hydrogen-bond donors (Lipinski definition) is 2. The molecule has 0 unspecified atom stereocenters. The van der Waals surface area contributed by atoms with Gasteiger partial charge in [0.2, 0.25) is 10.4 Å². The van der Waals surface area contributed by atoms with Crippen LogP contribution in [-0.4, -0.2) is 38.3 Å². The summed E-state index contributed by atoms with van der Waals surface area (Å²) in [7, 11) is -0.398. The number of phenols is 1. The van der Waals surface area contributed by atoms with E-state index in [1.807, 2.05) is 47.4 Å². The molecular formula is C13H17N2O7S-. The Kier molecular flexibility index (Phi) is 8.55. The van der Waals surface area contributed by atoms with Crippen molar-refractivity contribution in [2.45, 2.75) is 0 Å². The molecule has 23 heavy (non-hydrogen) atoms. The van der Waals surface area contributed by atoms with Crippen LogP contribution in [0.3, 0.4) is 0 Å². The third-order valence-electron chi connectivity index (χ3n) is 2.39. The molecule has 1 amide bonds. The molecular weight excluding hydrogens is 328 g/mol. The van der Waals surface area contributed by atoms with Crippen molar-refractivity contribution in [1.29, 1.82) is 0 Å². The maximum Gasteiger partial charge on any atom is 0.254 e. The van der Waals surface area contributed by atoms with Gasteiger partial charge in [0, 0.05) is 13.1 Å². The van der Waals surface area contributed by atoms with E-state index in [1.54, 1.807) is 6.07 Å². The average molecular weight is 345 g/mol. The maximum absolute atomic E-state index is 9.53. The number of amides is 1. The van der Waals surface area contributed by atoms with Crippen molar-refractivity contribution < 1.29 is 36.7 Å². The second-order valence-corrected chi connectivity index (χ2v) is 5.10. The second kappa shape index (κ2) is 9.56. The van der Waals surface area contributed by atoms with E-state index in [-0.39, 0.29) is 0 Å². The first kappa shape index (κ1) is 20.6. The highest BCUT2D eigenvalue weighted by Crippen LogP contribution is 2.19. The van der Waals surface area contributed by atoms with Crippen molar-refractivity contribution in [3.63, 3.8) is 0 Å². The standard InChI is InChI=1S/C10H9NO.C2H5NO2.CH4O4S/c1-11-7-3-5-8-4-2-6-9(12)10(8)11;1-3-2(4)5;1-5-6(2,3)4/h2-7H,1H3;3H,1H3,(H,4,5);1H3,(H,2,3,4)/p-1. The van der Waals surface area contributed by atoms with Crippen LogP contribution in [0.2, 0.25) is 0 Å². The Bertz CT molecular complexity index is 710. The van der Waals surface area contributed by atoms with E-state index in [1.165, 1.54) is 7.05 Å². The molecule has 0 aliphatic rings. The zero-order chi connectivity index (χ0) is 18.0. The Morgan fingerprint density at radius 1 is 1.30 bits per heavy atom. The number of rotatable bonds is 1. The highest BCUT2D eigenvalue weighted by atomic mass is 32.3. The summed E-state index contributed by atoms with van der Waals surface area (Å²) in [6, 6.07) is 9.46. The van der Waals surface area contributed by atoms with Crippen LogP contribution in [0.15, 0.2) is 36.5 Å². The Balaban J connectivity index is 0.000000374. The quantitative estimate of drug-likeness (QED) is 0.384. The van der Waals surface area contributed by atoms with Gasteiger partial charge in [0.05, 0.1) is 12.5 Å². The predicted octanol–water partition coefficient (Wildman–Crippen LogP) is -0.988. The molecule has 0 aliphatic carbocycles. The molecule has 0 radical (unpaired) electrons. The molecule has 0 spiro atoms. The van der Waals surface area contributed by atoms with Gasteiger partial charge in [-0.1, -0.05) is 6.07 Å². The predicted molar refractivity (Wildman–Crippen MR) is 78.0 cm³/mol. The molecule has 1 aromatic carbocycles. The van der Waals surface area contributed by atoms with Gasteiger partial charge in [0.25, 0.3) is 5.52 Å². The van der Waals surface area contributed by atoms with E-state index >= 15 is 0 Å². The number of phenolic OH excluding ortho intramolecular Hbond substituents is 1. The monoisotopic (exact) mass is 345 g/mol. The number of carbonyl (C=O) groups excluding carboxylic acids is 1. The van der Waals surface area contributed by atoms with Gasteiger partial charge < -0.3 is 24.9 Å². The van der Waals surface area contributed by atoms with Crippen LogP contribution in [-0.2, 0) is 21.6 Å². The number of aromatic hydroxyl groups is 1. The Morgan fingerprint density at radius 3 is 2.17 bits per heavy atom. The summed E-state index contributed by atoms with van der Waals surface area (Å²) in [5, 5.41) is 21.6. The lowest BCUT2D eigenvalue weighted by molar-refractivity contribution is -0.645. The summed E-state index contributed by atoms with van der Waals surface area (Å²) >= 11 is 0. The van der Waals surface area contributed by atoms with Gasteiger partial charge in [0.15, 0.2) is 11.9 Å². The SMILES string of the molecule is CNC(=O)[O-].COS(=O)(=O)[O-].C[n+]1cccc2cccc(O)c21. The van der Waals surface area contributed by atoms with Crippen LogP contribution in [0, 0.1) is 0 Å². The van der Waals surface area contributed by atoms with Gasteiger partial charge >= 0.3 is 0 Å². The largest absolute Gasteiger partial charge is 0.726 e. The van der Waals surface area contributed by atoms with E-state index in [2.05, 4.69) is 4.18 Å². The summed E-state index contributed by atoms with van der Waals surface area (Å²) in [4.78, 5) is 9.15. The van der Waals surface area contributed by atoms with Gasteiger partial charge in [-0.25, -0.2) is 8.42 Å². The number of fused-ring (bicyclic) bond motifs is 1. The molecule has 0 saturated heterocycles. The van der Waals surface area contributed by atoms with Crippen LogP contribution < -0.4 is 15.0 Å². The van der Waals surface area contributed by atoms with Crippen LogP contribution in [0.1, 0.15) is 0 Å². The molecule has 0 saturated carbocycles. The van der Waals surface area contributed by atoms with Gasteiger partial charge in [-0.2, -0.15) is 4.57 Å². The van der Waals surface area contributed by atoms with E-state index in [9.17, 15) is 18.1 Å². The second-order valence-electron chi connectivity index (χ2n) is 3.95. The lowest BCUT2D eigenvalue weighted by Gasteiger charge is -1.98. The van der Waals surface area contributed by atoms with Gasteiger partial charge in [-0.15, -0.1) is 0 Å². The average Bonchev–Trinajstić information content (AvgIpc) is 2.48. The first-order valence-electron chi connectivity index (χ1n) is 6.09. The molecule has 2 aromatic rings. The van der Waals surface area contributed by atoms with Crippen molar-refractivity contribution in [3.05, 3.63) is 36.5 Å². The van der Waals surface area contributed by atoms with Crippen LogP contribution in [0.25, 0.3) is 10.9 Å². The topological polar surface area (TPSA) is 143 Å². The molecule has 2 N–H and O–H groups in total. The summed E-state index contributed by atoms with van der Waals surface area (Å²) in [5.74, 6) is 0.329. The fourth-order valence-electron chi connectivity index (χ4n) is 1.42. The molecule has 128 valence electrons. The number of carboxylic acid groups (broad SMARTS) is 1. The van der Waals surface area contributed by atoms with Crippen molar-refractivity contribution >= 4 is 27.4 Å². The molecule has 10 heteroatoms. The molecule has 1 heterocycles. The summed E-state index contributed by atoms with van der Waals surface area (Å²) in [5.41, 5.74) is 0.875. The van der Waals surface area contributed by atoms with Gasteiger partial charge in [-0.05, 0) is 18.2 Å². The Labute approximate surface area is 133 Å². The minimum atomic E-state index is -4.41. The lowest BCUT2D eigenvalue weighted by Crippen LogP contribution is -2.33. The van der Waals surface area contributed by atoms with E-state index in [0.717, 1.165) is 18.0 Å². The number of aromatic nitrogens is 1. The Morgan fingerprint density at radius 2 is 1.78 bits per heavy atom. The maximum atomic E-state index is 9.53. The Hall–Kier alpha value is -2.43. The first-order chi connectivity index (χ1) is 10.6. The van der Waals surface area contributed by atoms with Crippen molar-refractivity contribution in [1.82, 2.24) is 5.32 Å². The molecule has 0 aliphatic heterocycles. The smallest absolute Gasteiger partial charge is 0.254 e. The minimum absolute atomic E-state index is 0.329. The summed E-state index contributed by atoms with van der Waals surface area (Å²) in [6.07, 6.45) is 0.673. The number of aryl methyl sites for hydroxylation is 1. The van der Waals surface area contributed by atoms with Gasteiger partial charge in [-0.3, -0.25) is 4.18 Å². The fourth-order valence-corrected chi connectivity index (χ4v) is 1.42. The third-order valence-corrected chi connectivity index (χ3v) is 2.80. The fraction of sp³-hybridized carbons (Fsp3) is 0.231. The highest BCUT2D eigenvalue weighted by molar-refractivity contribution is 7.80. The normalized spacial score (nSPS) is 9.91. The minimum Gasteiger partial charge on any atom is -0.726 e. The molecule has 9 nitrogen and oxygen atoms in total. The van der Waals surface area contributed by atoms with Crippen molar-refractivity contribution in [2.24, 2.45) is 7.05 Å². The number of hydrogen-bond acceptors (Lipinski definition) is 7. The van der Waals surface area contributed by atoms with Crippen LogP contribution >= 0.6 is 0 Å². The summed E-state index contributed by atoms with van der Waals surface area (Å²) < 4.78 is 32.9. The van der Waals surface area contributed by atoms with E-state index in [4.69, 9.17) is 9.90 Å². The molecule has 2 rings (SSSR count). The zero-order valence-corrected chi connectivity index (χ0v) is 13.5. The van der Waals surface area contributed by atoms with Crippen molar-refractivity contribution in [3.8, 4) is 5.75 Å². The summed E-state index contributed by atoms with van der Waals surface area (Å²) in [6.45, 7) is 0. The van der Waals surface area contributed by atoms with Gasteiger partial charge in [0.1, 0.15) is 13.1 Å². The number of pyridine rings is 1. The number of para-hydroxylation sites is 1. The van der Waals surface area contributed by atoms with E-state index in [0.29, 0.717) is 5.75 Å². The zero-order valence-electron chi connectivity index (χ0n) is 12.7. The highest BCUT2D eigenvalue weighted by Gasteiger charge is 2.07. The molecule has 0 fully saturated rings. The first-order valence-corrected chi connectivity index (χ1v) is 7.42. The number of nitrogens with one attached hydrogen (secondary N) is 1. The molecule has 0 bridgehead atoms. The van der Waals surface area contributed by atoms with E-state index < -0.39 is 16.5 Å². The third kappa shape index (κ3) is 8.56. The van der Waals surface area contributed by atoms with Crippen molar-refractivity contribution in [2.75, 3.05) is 14.2 Å². The van der Waals surface area contributed by atoms with Crippen LogP contribution in [0.4, 0.5) is 4.79 Å². The number of benzene rings is 1. The molecule has 1 aromatic heterocycles.